The molecule has 0 fully saturated rings. The van der Waals surface area contributed by atoms with Crippen LogP contribution in [0.25, 0.3) is 10.8 Å². The van der Waals surface area contributed by atoms with Gasteiger partial charge in [-0.3, -0.25) is 4.79 Å². The van der Waals surface area contributed by atoms with Crippen LogP contribution >= 0.6 is 11.6 Å². The average Bonchev–Trinajstić information content (AvgIpc) is 2.72. The summed E-state index contributed by atoms with van der Waals surface area (Å²) in [6.45, 7) is 1.89. The third-order valence-corrected chi connectivity index (χ3v) is 4.69. The first kappa shape index (κ1) is 19.8. The molecule has 0 aliphatic rings. The summed E-state index contributed by atoms with van der Waals surface area (Å²) in [5, 5.41) is 5.42. The molecule has 5 nitrogen and oxygen atoms in total. The summed E-state index contributed by atoms with van der Waals surface area (Å²) >= 11 is 6.12. The van der Waals surface area contributed by atoms with Crippen molar-refractivity contribution < 1.29 is 19.0 Å². The largest absolute Gasteiger partial charge is 0.495 e. The number of carbonyl (C=O) groups is 1. The number of anilines is 1. The fourth-order valence-corrected chi connectivity index (χ4v) is 3.13. The molecule has 0 bridgehead atoms. The molecular weight excluding hydrogens is 378 g/mol. The highest BCUT2D eigenvalue weighted by Crippen LogP contribution is 2.36. The lowest BCUT2D eigenvalue weighted by Gasteiger charge is -2.19. The Bertz CT molecular complexity index is 989. The van der Waals surface area contributed by atoms with Crippen LogP contribution in [0.5, 0.6) is 17.2 Å². The minimum absolute atomic E-state index is 0.279. The van der Waals surface area contributed by atoms with Crippen LogP contribution in [-0.4, -0.2) is 26.2 Å². The van der Waals surface area contributed by atoms with Crippen LogP contribution in [0, 0.1) is 0 Å². The van der Waals surface area contributed by atoms with Crippen molar-refractivity contribution in [2.45, 2.75) is 19.4 Å². The van der Waals surface area contributed by atoms with Gasteiger partial charge in [-0.25, -0.2) is 0 Å². The molecule has 3 rings (SSSR count). The highest BCUT2D eigenvalue weighted by atomic mass is 35.5. The summed E-state index contributed by atoms with van der Waals surface area (Å²) < 4.78 is 16.5. The van der Waals surface area contributed by atoms with Crippen LogP contribution in [-0.2, 0) is 4.79 Å². The number of methoxy groups -OCH3 is 2. The van der Waals surface area contributed by atoms with E-state index >= 15 is 0 Å². The molecule has 0 saturated heterocycles. The predicted molar refractivity (Wildman–Crippen MR) is 112 cm³/mol. The number of rotatable bonds is 7. The summed E-state index contributed by atoms with van der Waals surface area (Å²) in [6.07, 6.45) is -0.154. The van der Waals surface area contributed by atoms with Crippen molar-refractivity contribution in [2.24, 2.45) is 0 Å². The molecule has 3 aromatic rings. The molecule has 0 unspecified atom stereocenters. The number of hydrogen-bond acceptors (Lipinski definition) is 4. The van der Waals surface area contributed by atoms with E-state index in [4.69, 9.17) is 25.8 Å². The van der Waals surface area contributed by atoms with Gasteiger partial charge >= 0.3 is 0 Å². The van der Waals surface area contributed by atoms with Crippen molar-refractivity contribution in [3.05, 3.63) is 59.6 Å². The van der Waals surface area contributed by atoms with E-state index in [0.717, 1.165) is 10.8 Å². The fraction of sp³-hybridized carbons (Fsp3) is 0.227. The standard InChI is InChI=1S/C22H22ClNO4/c1-4-19(28-16-10-9-14-7-5-6-8-15(14)11-16)22(25)24-18-13-20(26-2)17(23)12-21(18)27-3/h5-13,19H,4H2,1-3H3,(H,24,25)/t19-/m0/s1. The molecule has 1 N–H and O–H groups in total. The monoisotopic (exact) mass is 399 g/mol. The Labute approximate surface area is 169 Å². The van der Waals surface area contributed by atoms with Crippen LogP contribution < -0.4 is 19.5 Å². The molecule has 146 valence electrons. The van der Waals surface area contributed by atoms with Crippen molar-refractivity contribution >= 4 is 34.0 Å². The van der Waals surface area contributed by atoms with E-state index in [2.05, 4.69) is 5.32 Å². The van der Waals surface area contributed by atoms with Crippen LogP contribution in [0.4, 0.5) is 5.69 Å². The van der Waals surface area contributed by atoms with E-state index < -0.39 is 6.10 Å². The number of fused-ring (bicyclic) bond motifs is 1. The molecule has 1 atom stereocenters. The molecule has 3 aromatic carbocycles. The number of amides is 1. The number of halogens is 1. The Morgan fingerprint density at radius 2 is 1.71 bits per heavy atom. The first-order valence-corrected chi connectivity index (χ1v) is 9.31. The summed E-state index contributed by atoms with van der Waals surface area (Å²) in [4.78, 5) is 12.8. The molecule has 0 aromatic heterocycles. The molecular formula is C22H22ClNO4. The molecule has 6 heteroatoms. The third-order valence-electron chi connectivity index (χ3n) is 4.39. The van der Waals surface area contributed by atoms with E-state index in [1.165, 1.54) is 14.2 Å². The summed E-state index contributed by atoms with van der Waals surface area (Å²) in [5.74, 6) is 1.25. The van der Waals surface area contributed by atoms with Crippen molar-refractivity contribution in [1.29, 1.82) is 0 Å². The maximum atomic E-state index is 12.8. The van der Waals surface area contributed by atoms with E-state index in [9.17, 15) is 4.79 Å². The van der Waals surface area contributed by atoms with Crippen LogP contribution in [0.15, 0.2) is 54.6 Å². The maximum Gasteiger partial charge on any atom is 0.265 e. The quantitative estimate of drug-likeness (QED) is 0.585. The molecule has 0 aliphatic carbocycles. The second-order valence-electron chi connectivity index (χ2n) is 6.20. The van der Waals surface area contributed by atoms with Gasteiger partial charge in [-0.1, -0.05) is 48.9 Å². The molecule has 0 saturated carbocycles. The number of nitrogens with one attached hydrogen (secondary N) is 1. The predicted octanol–water partition coefficient (Wildman–Crippen LogP) is 5.31. The Morgan fingerprint density at radius 1 is 1.00 bits per heavy atom. The number of ether oxygens (including phenoxy) is 3. The highest BCUT2D eigenvalue weighted by Gasteiger charge is 2.21. The highest BCUT2D eigenvalue weighted by molar-refractivity contribution is 6.32. The van der Waals surface area contributed by atoms with Gasteiger partial charge in [0.2, 0.25) is 0 Å². The van der Waals surface area contributed by atoms with Crippen molar-refractivity contribution in [3.63, 3.8) is 0 Å². The second-order valence-corrected chi connectivity index (χ2v) is 6.61. The molecule has 0 spiro atoms. The average molecular weight is 400 g/mol. The zero-order valence-corrected chi connectivity index (χ0v) is 16.7. The molecule has 28 heavy (non-hydrogen) atoms. The van der Waals surface area contributed by atoms with Gasteiger partial charge in [-0.15, -0.1) is 0 Å². The van der Waals surface area contributed by atoms with E-state index in [1.54, 1.807) is 12.1 Å². The van der Waals surface area contributed by atoms with Gasteiger partial charge in [0.1, 0.15) is 17.2 Å². The summed E-state index contributed by atoms with van der Waals surface area (Å²) in [7, 11) is 3.02. The number of benzene rings is 3. The molecule has 1 amide bonds. The molecule has 0 aliphatic heterocycles. The minimum Gasteiger partial charge on any atom is -0.495 e. The lowest BCUT2D eigenvalue weighted by Crippen LogP contribution is -2.32. The zero-order valence-electron chi connectivity index (χ0n) is 16.0. The molecule has 0 heterocycles. The Kier molecular flexibility index (Phi) is 6.26. The van der Waals surface area contributed by atoms with E-state index in [1.807, 2.05) is 49.4 Å². The van der Waals surface area contributed by atoms with E-state index in [0.29, 0.717) is 34.4 Å². The number of carbonyl (C=O) groups excluding carboxylic acids is 1. The van der Waals surface area contributed by atoms with Gasteiger partial charge in [-0.05, 0) is 29.3 Å². The second kappa shape index (κ2) is 8.85. The lowest BCUT2D eigenvalue weighted by atomic mass is 10.1. The van der Waals surface area contributed by atoms with Gasteiger partial charge in [0, 0.05) is 12.1 Å². The Morgan fingerprint density at radius 3 is 2.39 bits per heavy atom. The maximum absolute atomic E-state index is 12.8. The van der Waals surface area contributed by atoms with Crippen LogP contribution in [0.1, 0.15) is 13.3 Å². The number of hydrogen-bond donors (Lipinski definition) is 1. The van der Waals surface area contributed by atoms with Gasteiger partial charge in [0.25, 0.3) is 5.91 Å². The first-order valence-electron chi connectivity index (χ1n) is 8.93. The Hall–Kier alpha value is -2.92. The lowest BCUT2D eigenvalue weighted by molar-refractivity contribution is -0.122. The first-order chi connectivity index (χ1) is 13.5. The van der Waals surface area contributed by atoms with Crippen molar-refractivity contribution in [2.75, 3.05) is 19.5 Å². The minimum atomic E-state index is -0.660. The third kappa shape index (κ3) is 4.31. The fourth-order valence-electron chi connectivity index (χ4n) is 2.90. The van der Waals surface area contributed by atoms with Crippen molar-refractivity contribution in [1.82, 2.24) is 0 Å². The summed E-state index contributed by atoms with van der Waals surface area (Å²) in [6, 6.07) is 17.0. The Balaban J connectivity index is 1.79. The van der Waals surface area contributed by atoms with Gasteiger partial charge in [0.15, 0.2) is 6.10 Å². The van der Waals surface area contributed by atoms with E-state index in [-0.39, 0.29) is 5.91 Å². The SMILES string of the molecule is CC[C@H](Oc1ccc2ccccc2c1)C(=O)Nc1cc(OC)c(Cl)cc1OC. The van der Waals surface area contributed by atoms with Crippen molar-refractivity contribution in [3.8, 4) is 17.2 Å². The van der Waals surface area contributed by atoms with Crippen LogP contribution in [0.2, 0.25) is 5.02 Å². The molecule has 0 radical (unpaired) electrons. The zero-order chi connectivity index (χ0) is 20.1. The normalized spacial score (nSPS) is 11.7. The topological polar surface area (TPSA) is 56.8 Å². The summed E-state index contributed by atoms with van der Waals surface area (Å²) in [5.41, 5.74) is 0.467. The smallest absolute Gasteiger partial charge is 0.265 e. The van der Waals surface area contributed by atoms with Gasteiger partial charge in [-0.2, -0.15) is 0 Å². The van der Waals surface area contributed by atoms with Gasteiger partial charge < -0.3 is 19.5 Å². The van der Waals surface area contributed by atoms with Gasteiger partial charge in [0.05, 0.1) is 24.9 Å². The van der Waals surface area contributed by atoms with Crippen LogP contribution in [0.3, 0.4) is 0 Å².